The summed E-state index contributed by atoms with van der Waals surface area (Å²) in [4.78, 5) is 15.6. The number of benzene rings is 3. The second-order valence-electron chi connectivity index (χ2n) is 7.25. The molecule has 0 fully saturated rings. The van der Waals surface area contributed by atoms with Gasteiger partial charge < -0.3 is 21.6 Å². The van der Waals surface area contributed by atoms with E-state index in [1.807, 2.05) is 0 Å². The van der Waals surface area contributed by atoms with Crippen LogP contribution in [-0.4, -0.2) is 16.8 Å². The van der Waals surface area contributed by atoms with E-state index in [4.69, 9.17) is 4.79 Å². The van der Waals surface area contributed by atoms with Crippen LogP contribution in [0, 0.1) is 53.1 Å². The molecule has 200 valence electrons. The smallest absolute Gasteiger partial charge is 0.0408 e. The van der Waals surface area contributed by atoms with Crippen molar-refractivity contribution < 1.29 is 51.2 Å². The maximum Gasteiger partial charge on any atom is 0.0408 e. The first-order valence-electron chi connectivity index (χ1n) is 10.5. The van der Waals surface area contributed by atoms with Crippen LogP contribution in [-0.2, 0) is 24.9 Å². The Labute approximate surface area is 233 Å². The molecule has 0 N–H and O–H groups in total. The predicted octanol–water partition coefficient (Wildman–Crippen LogP) is 7.00. The molecule has 2 radical (unpaired) electrons. The molecule has 5 aromatic rings. The van der Waals surface area contributed by atoms with Crippen LogP contribution in [0.1, 0.15) is 0 Å². The number of hydrogen-bond donors (Lipinski definition) is 0. The van der Waals surface area contributed by atoms with Crippen LogP contribution in [0.4, 0.5) is 26.3 Å². The summed E-state index contributed by atoms with van der Waals surface area (Å²) in [7, 11) is 0. The van der Waals surface area contributed by atoms with Crippen LogP contribution in [0.5, 0.6) is 0 Å². The summed E-state index contributed by atoms with van der Waals surface area (Å²) < 4.78 is 79.1. The fourth-order valence-corrected chi connectivity index (χ4v) is 3.15. The number of hydrogen-bond acceptors (Lipinski definition) is 3. The topological polar surface area (TPSA) is 42.9 Å². The van der Waals surface area contributed by atoms with Crippen LogP contribution in [0.3, 0.4) is 0 Å². The Balaban J connectivity index is 0.000000272. The predicted molar refractivity (Wildman–Crippen MR) is 127 cm³/mol. The number of carbonyl (C=O) groups excluding carboxylic acids is 1. The summed E-state index contributed by atoms with van der Waals surface area (Å²) in [5, 5.41) is 0. The van der Waals surface area contributed by atoms with Gasteiger partial charge >= 0.3 is 0 Å². The molecule has 0 spiro atoms. The zero-order valence-electron chi connectivity index (χ0n) is 19.4. The van der Waals surface area contributed by atoms with E-state index in [-0.39, 0.29) is 48.2 Å². The van der Waals surface area contributed by atoms with Gasteiger partial charge in [0.15, 0.2) is 0 Å². The molecule has 0 unspecified atom stereocenters. The molecule has 0 amide bonds. The largest absolute Gasteiger partial charge is 0.573 e. The zero-order valence-corrected chi connectivity index (χ0v) is 21.8. The van der Waals surface area contributed by atoms with Crippen molar-refractivity contribution in [3.8, 4) is 33.8 Å². The summed E-state index contributed by atoms with van der Waals surface area (Å²) in [5.74, 6) is -4.45. The monoisotopic (exact) mass is 712 g/mol. The molecule has 39 heavy (non-hydrogen) atoms. The van der Waals surface area contributed by atoms with Crippen molar-refractivity contribution in [2.75, 3.05) is 0 Å². The minimum atomic E-state index is -0.826. The first-order valence-corrected chi connectivity index (χ1v) is 10.5. The Hall–Kier alpha value is -4.14. The van der Waals surface area contributed by atoms with E-state index in [2.05, 4.69) is 35.0 Å². The number of aromatic nitrogens is 2. The molecule has 0 aliphatic heterocycles. The van der Waals surface area contributed by atoms with E-state index in [0.717, 1.165) is 24.3 Å². The van der Waals surface area contributed by atoms with Crippen LogP contribution in [0.15, 0.2) is 79.0 Å². The van der Waals surface area contributed by atoms with Crippen molar-refractivity contribution >= 4 is 6.79 Å². The second kappa shape index (κ2) is 14.7. The number of rotatable bonds is 3. The average Bonchev–Trinajstić information content (AvgIpc) is 2.91. The normalized spacial score (nSPS) is 9.79. The van der Waals surface area contributed by atoms with E-state index in [0.29, 0.717) is 17.8 Å². The molecule has 0 aliphatic rings. The van der Waals surface area contributed by atoms with Crippen molar-refractivity contribution in [1.82, 2.24) is 9.97 Å². The van der Waals surface area contributed by atoms with E-state index in [9.17, 15) is 26.3 Å². The van der Waals surface area contributed by atoms with Crippen molar-refractivity contribution in [1.29, 1.82) is 0 Å². The van der Waals surface area contributed by atoms with Crippen molar-refractivity contribution in [3.63, 3.8) is 0 Å². The van der Waals surface area contributed by atoms with Crippen LogP contribution >= 0.6 is 0 Å². The Bertz CT molecular complexity index is 1470. The fourth-order valence-electron chi connectivity index (χ4n) is 3.15. The third-order valence-electron chi connectivity index (χ3n) is 4.76. The van der Waals surface area contributed by atoms with Crippen molar-refractivity contribution in [2.24, 2.45) is 0 Å². The Morgan fingerprint density at radius 3 is 1.31 bits per heavy atom. The van der Waals surface area contributed by atoms with Crippen LogP contribution in [0.25, 0.3) is 33.8 Å². The zero-order chi connectivity index (χ0) is 27.7. The van der Waals surface area contributed by atoms with Gasteiger partial charge in [-0.1, -0.05) is 65.2 Å². The maximum absolute atomic E-state index is 13.8. The molecule has 5 rings (SSSR count). The van der Waals surface area contributed by atoms with Crippen molar-refractivity contribution in [3.05, 3.63) is 132 Å². The molecular formula is C29H13F6IrN2O-4. The Kier molecular flexibility index (Phi) is 11.7. The number of nitrogens with zero attached hydrogens (tertiary/aromatic N) is 2. The van der Waals surface area contributed by atoms with Gasteiger partial charge in [0.2, 0.25) is 0 Å². The fraction of sp³-hybridized carbons (Fsp3) is 0. The van der Waals surface area contributed by atoms with Gasteiger partial charge in [-0.3, -0.25) is 26.3 Å². The second-order valence-corrected chi connectivity index (χ2v) is 7.25. The maximum atomic E-state index is 13.8. The molecule has 2 aromatic heterocycles. The van der Waals surface area contributed by atoms with Gasteiger partial charge in [0.1, 0.15) is 0 Å². The van der Waals surface area contributed by atoms with Gasteiger partial charge in [-0.15, -0.1) is 36.4 Å². The molecule has 3 aromatic carbocycles. The van der Waals surface area contributed by atoms with Gasteiger partial charge in [0, 0.05) is 61.2 Å². The first-order chi connectivity index (χ1) is 18.3. The molecule has 2 heterocycles. The van der Waals surface area contributed by atoms with Gasteiger partial charge in [-0.25, -0.2) is 0 Å². The third-order valence-corrected chi connectivity index (χ3v) is 4.76. The van der Waals surface area contributed by atoms with Crippen LogP contribution in [0.2, 0.25) is 0 Å². The minimum Gasteiger partial charge on any atom is -0.573 e. The molecule has 3 nitrogen and oxygen atoms in total. The van der Waals surface area contributed by atoms with E-state index < -0.39 is 34.9 Å². The van der Waals surface area contributed by atoms with Gasteiger partial charge in [0.05, 0.1) is 0 Å². The average molecular weight is 712 g/mol. The van der Waals surface area contributed by atoms with Crippen LogP contribution < -0.4 is 0 Å². The summed E-state index contributed by atoms with van der Waals surface area (Å²) in [6, 6.07) is 22.3. The Morgan fingerprint density at radius 2 is 0.949 bits per heavy atom. The Morgan fingerprint density at radius 1 is 0.564 bits per heavy atom. The first kappa shape index (κ1) is 31.1. The number of pyridine rings is 2. The third kappa shape index (κ3) is 8.17. The molecule has 0 aliphatic carbocycles. The van der Waals surface area contributed by atoms with Crippen molar-refractivity contribution in [2.45, 2.75) is 0 Å². The summed E-state index contributed by atoms with van der Waals surface area (Å²) in [6.07, 6.45) is 1.55. The van der Waals surface area contributed by atoms with Gasteiger partial charge in [-0.05, 0) is 23.1 Å². The summed E-state index contributed by atoms with van der Waals surface area (Å²) in [5.41, 5.74) is 0.882. The minimum absolute atomic E-state index is 0. The molecule has 10 heteroatoms. The summed E-state index contributed by atoms with van der Waals surface area (Å²) in [6.45, 7) is 4.50. The van der Waals surface area contributed by atoms with E-state index >= 15 is 0 Å². The molecular weight excluding hydrogens is 699 g/mol. The van der Waals surface area contributed by atoms with Gasteiger partial charge in [0.25, 0.3) is 0 Å². The van der Waals surface area contributed by atoms with E-state index in [1.165, 1.54) is 18.2 Å². The quantitative estimate of drug-likeness (QED) is 0.150. The molecule has 0 bridgehead atoms. The summed E-state index contributed by atoms with van der Waals surface area (Å²) >= 11 is 0. The van der Waals surface area contributed by atoms with E-state index in [1.54, 1.807) is 24.4 Å². The molecule has 0 atom stereocenters. The van der Waals surface area contributed by atoms with Gasteiger partial charge in [-0.2, -0.15) is 0 Å². The standard InChI is InChI=1S/C17H7F4N.C11H6F2N.CO.Ir/c18-10-4-6-12(14(20)8-10)16-2-1-3-17(22-16)13-7-5-11(19)9-15(13)21;12-8-4-5-9(10(13)7-8)11-3-1-2-6-14-11;1-2;/h1-5,8-9H;1-4,6-7H;;/q-2;2*-1;. The SMILES string of the molecule is Fc1c[c-]c(-c2cccc(-c3[c-]cc(F)cc3F)n2)c(F)c1.Fc1c[c-]c(-c2ccccn2)c(F)c1.[C-]=O.[Ir]. The molecule has 0 saturated heterocycles. The number of halogens is 6. The molecule has 0 saturated carbocycles.